The van der Waals surface area contributed by atoms with Crippen molar-refractivity contribution < 1.29 is 24.2 Å². The third-order valence-electron chi connectivity index (χ3n) is 6.00. The van der Waals surface area contributed by atoms with Crippen molar-refractivity contribution in [3.63, 3.8) is 0 Å². The van der Waals surface area contributed by atoms with Crippen LogP contribution in [0, 0.1) is 0 Å². The molecule has 7 nitrogen and oxygen atoms in total. The van der Waals surface area contributed by atoms with Gasteiger partial charge in [-0.1, -0.05) is 50.8 Å². The Hall–Kier alpha value is -4.13. The largest absolute Gasteiger partial charge is 0.872 e. The summed E-state index contributed by atoms with van der Waals surface area (Å²) in [5, 5.41) is 27.3. The molecule has 0 saturated carbocycles. The summed E-state index contributed by atoms with van der Waals surface area (Å²) in [6.07, 6.45) is 5.31. The molecule has 0 saturated heterocycles. The Morgan fingerprint density at radius 2 is 1.71 bits per heavy atom. The molecule has 0 bridgehead atoms. The van der Waals surface area contributed by atoms with Crippen molar-refractivity contribution in [1.29, 1.82) is 0 Å². The van der Waals surface area contributed by atoms with E-state index in [1.54, 1.807) is 12.1 Å². The van der Waals surface area contributed by atoms with E-state index in [-0.39, 0.29) is 39.6 Å². The van der Waals surface area contributed by atoms with Gasteiger partial charge in [-0.05, 0) is 42.3 Å². The zero-order valence-electron chi connectivity index (χ0n) is 19.4. The van der Waals surface area contributed by atoms with Crippen LogP contribution in [0.15, 0.2) is 63.8 Å². The Labute approximate surface area is 202 Å². The number of carbonyl (C=O) groups excluding carboxylic acids is 2. The number of carbonyl (C=O) groups is 2. The molecule has 180 valence electrons. The Morgan fingerprint density at radius 3 is 2.49 bits per heavy atom. The molecule has 2 aromatic rings. The molecule has 1 aliphatic heterocycles. The maximum absolute atomic E-state index is 12.8. The minimum absolute atomic E-state index is 0.118. The van der Waals surface area contributed by atoms with Crippen molar-refractivity contribution in [3.8, 4) is 28.2 Å². The summed E-state index contributed by atoms with van der Waals surface area (Å²) in [5.74, 6) is -1.82. The van der Waals surface area contributed by atoms with Crippen LogP contribution in [0.2, 0.25) is 0 Å². The number of aromatic carboxylic acids is 1. The van der Waals surface area contributed by atoms with E-state index in [9.17, 15) is 24.6 Å². The van der Waals surface area contributed by atoms with Gasteiger partial charge in [0.25, 0.3) is 5.91 Å². The Kier molecular flexibility index (Phi) is 7.15. The molecular formula is C28H25NO6-2. The predicted octanol–water partition coefficient (Wildman–Crippen LogP) is 3.70. The highest BCUT2D eigenvalue weighted by Gasteiger charge is 2.21. The molecule has 0 fully saturated rings. The lowest BCUT2D eigenvalue weighted by atomic mass is 9.89. The summed E-state index contributed by atoms with van der Waals surface area (Å²) in [6.45, 7) is 2.66. The molecule has 2 aromatic carbocycles. The molecule has 35 heavy (non-hydrogen) atoms. The number of carboxylic acids is 1. The molecule has 0 spiro atoms. The van der Waals surface area contributed by atoms with Crippen LogP contribution in [0.1, 0.15) is 59.7 Å². The monoisotopic (exact) mass is 471 g/mol. The second-order valence-corrected chi connectivity index (χ2v) is 8.51. The first-order valence-corrected chi connectivity index (χ1v) is 11.7. The third-order valence-corrected chi connectivity index (χ3v) is 6.00. The first kappa shape index (κ1) is 24.0. The molecule has 1 aliphatic carbocycles. The van der Waals surface area contributed by atoms with Gasteiger partial charge in [0.15, 0.2) is 5.43 Å². The fourth-order valence-electron chi connectivity index (χ4n) is 4.24. The number of nitrogens with one attached hydrogen (secondary N) is 1. The second-order valence-electron chi connectivity index (χ2n) is 8.51. The van der Waals surface area contributed by atoms with Crippen LogP contribution in [0.5, 0.6) is 5.75 Å². The number of hydrogen-bond donors (Lipinski definition) is 1. The van der Waals surface area contributed by atoms with E-state index in [4.69, 9.17) is 4.42 Å². The van der Waals surface area contributed by atoms with Gasteiger partial charge in [0.1, 0.15) is 11.3 Å². The molecule has 0 aromatic heterocycles. The SMILES string of the molecule is CCCCCCCNC(=O)c1ccc(C(=O)[O-])c(-c2c3ccc(=O)cc-3oc3cc([O-])ccc23)c1. The van der Waals surface area contributed by atoms with Crippen LogP contribution in [-0.4, -0.2) is 18.4 Å². The normalized spacial score (nSPS) is 11.1. The molecule has 4 rings (SSSR count). The van der Waals surface area contributed by atoms with Gasteiger partial charge in [0.05, 0.1) is 5.97 Å². The van der Waals surface area contributed by atoms with Crippen LogP contribution in [0.4, 0.5) is 0 Å². The lowest BCUT2D eigenvalue weighted by molar-refractivity contribution is -0.268. The Morgan fingerprint density at radius 1 is 0.914 bits per heavy atom. The molecule has 1 heterocycles. The fraction of sp³-hybridized carbons (Fsp3) is 0.250. The van der Waals surface area contributed by atoms with Crippen molar-refractivity contribution in [2.45, 2.75) is 39.0 Å². The minimum Gasteiger partial charge on any atom is -0.872 e. The maximum Gasteiger partial charge on any atom is 0.251 e. The highest BCUT2D eigenvalue weighted by molar-refractivity contribution is 6.08. The zero-order chi connectivity index (χ0) is 24.9. The number of carboxylic acid groups (broad SMARTS) is 1. The molecular weight excluding hydrogens is 446 g/mol. The summed E-state index contributed by atoms with van der Waals surface area (Å²) in [4.78, 5) is 36.8. The zero-order valence-corrected chi connectivity index (χ0v) is 19.4. The van der Waals surface area contributed by atoms with Crippen molar-refractivity contribution in [2.24, 2.45) is 0 Å². The number of hydrogen-bond acceptors (Lipinski definition) is 6. The van der Waals surface area contributed by atoms with E-state index in [1.165, 1.54) is 42.5 Å². The number of rotatable bonds is 9. The summed E-state index contributed by atoms with van der Waals surface area (Å²) in [7, 11) is 0. The molecule has 7 heteroatoms. The lowest BCUT2D eigenvalue weighted by Crippen LogP contribution is -2.26. The van der Waals surface area contributed by atoms with Gasteiger partial charge in [-0.25, -0.2) is 0 Å². The van der Waals surface area contributed by atoms with Gasteiger partial charge in [0.2, 0.25) is 0 Å². The van der Waals surface area contributed by atoms with Crippen LogP contribution in [0.3, 0.4) is 0 Å². The summed E-state index contributed by atoms with van der Waals surface area (Å²) in [5.41, 5.74) is 1.24. The van der Waals surface area contributed by atoms with Crippen molar-refractivity contribution in [1.82, 2.24) is 5.32 Å². The maximum atomic E-state index is 12.8. The number of fused-ring (bicyclic) bond motifs is 2. The third kappa shape index (κ3) is 5.19. The van der Waals surface area contributed by atoms with Crippen LogP contribution in [0.25, 0.3) is 33.4 Å². The van der Waals surface area contributed by atoms with Crippen molar-refractivity contribution in [3.05, 3.63) is 75.9 Å². The summed E-state index contributed by atoms with van der Waals surface area (Å²) < 4.78 is 5.80. The van der Waals surface area contributed by atoms with E-state index in [1.807, 2.05) is 0 Å². The average Bonchev–Trinajstić information content (AvgIpc) is 2.83. The van der Waals surface area contributed by atoms with E-state index in [2.05, 4.69) is 12.2 Å². The number of amides is 1. The van der Waals surface area contributed by atoms with Gasteiger partial charge in [-0.15, -0.1) is 5.75 Å². The van der Waals surface area contributed by atoms with Gasteiger partial charge < -0.3 is 24.7 Å². The van der Waals surface area contributed by atoms with Gasteiger partial charge in [0, 0.05) is 40.3 Å². The van der Waals surface area contributed by atoms with E-state index in [0.717, 1.165) is 32.1 Å². The molecule has 1 amide bonds. The average molecular weight is 472 g/mol. The fourth-order valence-corrected chi connectivity index (χ4v) is 4.24. The Balaban J connectivity index is 1.81. The summed E-state index contributed by atoms with van der Waals surface area (Å²) >= 11 is 0. The molecule has 0 atom stereocenters. The van der Waals surface area contributed by atoms with E-state index >= 15 is 0 Å². The highest BCUT2D eigenvalue weighted by Crippen LogP contribution is 2.41. The van der Waals surface area contributed by atoms with Crippen molar-refractivity contribution in [2.75, 3.05) is 6.54 Å². The molecule has 1 N–H and O–H groups in total. The number of unbranched alkanes of at least 4 members (excludes halogenated alkanes) is 4. The quantitative estimate of drug-likeness (QED) is 0.293. The Bertz CT molecular complexity index is 1420. The van der Waals surface area contributed by atoms with Gasteiger partial charge in [-0.3, -0.25) is 9.59 Å². The molecule has 2 aliphatic rings. The highest BCUT2D eigenvalue weighted by atomic mass is 16.4. The standard InChI is InChI=1S/C28H27NO6/c1-2-3-4-5-6-13-29-27(32)17-7-10-20(28(33)34)23(14-17)26-21-11-8-18(30)15-24(21)35-25-16-19(31)9-12-22(25)26/h7-12,14-16,30H,2-6,13H2,1H3,(H,29,32)(H,33,34)/p-2. The second kappa shape index (κ2) is 10.4. The molecule has 0 unspecified atom stereocenters. The first-order valence-electron chi connectivity index (χ1n) is 11.7. The van der Waals surface area contributed by atoms with Crippen molar-refractivity contribution >= 4 is 22.8 Å². The van der Waals surface area contributed by atoms with Crippen LogP contribution in [-0.2, 0) is 0 Å². The predicted molar refractivity (Wildman–Crippen MR) is 129 cm³/mol. The van der Waals surface area contributed by atoms with E-state index < -0.39 is 5.97 Å². The first-order chi connectivity index (χ1) is 16.9. The smallest absolute Gasteiger partial charge is 0.251 e. The van der Waals surface area contributed by atoms with Gasteiger partial charge in [-0.2, -0.15) is 0 Å². The van der Waals surface area contributed by atoms with E-state index in [0.29, 0.717) is 28.6 Å². The lowest BCUT2D eigenvalue weighted by Gasteiger charge is -2.20. The topological polar surface area (TPSA) is 123 Å². The molecule has 0 radical (unpaired) electrons. The van der Waals surface area contributed by atoms with Crippen LogP contribution >= 0.6 is 0 Å². The number of benzene rings is 3. The van der Waals surface area contributed by atoms with Crippen LogP contribution < -0.4 is 21.0 Å². The minimum atomic E-state index is -1.41. The summed E-state index contributed by atoms with van der Waals surface area (Å²) in [6, 6.07) is 12.6. The van der Waals surface area contributed by atoms with Gasteiger partial charge >= 0.3 is 0 Å².